The van der Waals surface area contributed by atoms with Gasteiger partial charge in [0.05, 0.1) is 0 Å². The van der Waals surface area contributed by atoms with Crippen molar-refractivity contribution in [3.8, 4) is 5.75 Å². The molecule has 0 radical (unpaired) electrons. The summed E-state index contributed by atoms with van der Waals surface area (Å²) in [5.41, 5.74) is 0.255. The summed E-state index contributed by atoms with van der Waals surface area (Å²) in [4.78, 5) is 21.7. The Balaban J connectivity index is 2.45. The van der Waals surface area contributed by atoms with Gasteiger partial charge in [0.1, 0.15) is 12.0 Å². The molecule has 0 aromatic carbocycles. The second-order valence-corrected chi connectivity index (χ2v) is 2.86. The molecule has 0 bridgehead atoms. The number of hydrogen-bond acceptors (Lipinski definition) is 4. The van der Waals surface area contributed by atoms with E-state index in [-0.39, 0.29) is 23.1 Å². The van der Waals surface area contributed by atoms with Gasteiger partial charge in [-0.2, -0.15) is 0 Å². The molecule has 1 aliphatic rings. The van der Waals surface area contributed by atoms with Gasteiger partial charge in [0.15, 0.2) is 11.9 Å². The molecule has 14 heavy (non-hydrogen) atoms. The lowest BCUT2D eigenvalue weighted by Crippen LogP contribution is -2.34. The second kappa shape index (κ2) is 2.76. The van der Waals surface area contributed by atoms with Crippen LogP contribution in [0.4, 0.5) is 5.69 Å². The largest absolute Gasteiger partial charge is 0.475 e. The van der Waals surface area contributed by atoms with E-state index in [1.807, 2.05) is 0 Å². The van der Waals surface area contributed by atoms with Crippen molar-refractivity contribution in [3.05, 3.63) is 12.0 Å². The molecule has 6 nitrogen and oxygen atoms in total. The summed E-state index contributed by atoms with van der Waals surface area (Å²) in [6.45, 7) is 1.52. The van der Waals surface area contributed by atoms with E-state index in [9.17, 15) is 9.59 Å². The van der Waals surface area contributed by atoms with Crippen LogP contribution in [0.15, 0.2) is 10.7 Å². The molecule has 1 unspecified atom stereocenters. The fraction of sp³-hybridized carbons (Fsp3) is 0.250. The first-order valence-electron chi connectivity index (χ1n) is 3.92. The SMILES string of the molecule is CC1Oc2c(coc2C(=O)O)NC1=O. The van der Waals surface area contributed by atoms with Gasteiger partial charge < -0.3 is 19.6 Å². The Bertz CT molecular complexity index is 408. The molecule has 1 aromatic rings. The summed E-state index contributed by atoms with van der Waals surface area (Å²) in [5.74, 6) is -1.78. The Morgan fingerprint density at radius 2 is 2.36 bits per heavy atom. The summed E-state index contributed by atoms with van der Waals surface area (Å²) in [5, 5.41) is 11.2. The van der Waals surface area contributed by atoms with Crippen molar-refractivity contribution < 1.29 is 23.8 Å². The molecule has 0 saturated heterocycles. The van der Waals surface area contributed by atoms with E-state index < -0.39 is 12.1 Å². The fourth-order valence-electron chi connectivity index (χ4n) is 1.16. The first-order valence-corrected chi connectivity index (χ1v) is 3.92. The Morgan fingerprint density at radius 1 is 1.64 bits per heavy atom. The Kier molecular flexibility index (Phi) is 1.70. The molecule has 1 aromatic heterocycles. The van der Waals surface area contributed by atoms with Crippen molar-refractivity contribution in [2.45, 2.75) is 13.0 Å². The minimum Gasteiger partial charge on any atom is -0.475 e. The molecule has 2 N–H and O–H groups in total. The highest BCUT2D eigenvalue weighted by atomic mass is 16.5. The van der Waals surface area contributed by atoms with Gasteiger partial charge in [-0.3, -0.25) is 4.79 Å². The minimum absolute atomic E-state index is 0.0737. The number of carboxylic acid groups (broad SMARTS) is 1. The summed E-state index contributed by atoms with van der Waals surface area (Å²) in [7, 11) is 0. The van der Waals surface area contributed by atoms with E-state index in [4.69, 9.17) is 14.3 Å². The number of ether oxygens (including phenoxy) is 1. The van der Waals surface area contributed by atoms with Gasteiger partial charge in [0.25, 0.3) is 11.7 Å². The number of anilines is 1. The lowest BCUT2D eigenvalue weighted by Gasteiger charge is -2.19. The normalized spacial score (nSPS) is 19.5. The molecule has 6 heteroatoms. The number of fused-ring (bicyclic) bond motifs is 1. The van der Waals surface area contributed by atoms with E-state index in [2.05, 4.69) is 5.32 Å². The van der Waals surface area contributed by atoms with Gasteiger partial charge in [-0.15, -0.1) is 0 Å². The Labute approximate surface area is 78.5 Å². The molecule has 74 valence electrons. The minimum atomic E-state index is -1.23. The van der Waals surface area contributed by atoms with Gasteiger partial charge in [-0.1, -0.05) is 0 Å². The first kappa shape index (κ1) is 8.61. The van der Waals surface area contributed by atoms with E-state index in [0.29, 0.717) is 0 Å². The highest BCUT2D eigenvalue weighted by Gasteiger charge is 2.30. The van der Waals surface area contributed by atoms with Gasteiger partial charge in [0.2, 0.25) is 0 Å². The summed E-state index contributed by atoms with van der Waals surface area (Å²) in [6.07, 6.45) is 0.431. The van der Waals surface area contributed by atoms with Crippen molar-refractivity contribution in [2.75, 3.05) is 5.32 Å². The number of amides is 1. The van der Waals surface area contributed by atoms with E-state index in [0.717, 1.165) is 6.26 Å². The zero-order valence-electron chi connectivity index (χ0n) is 7.23. The average Bonchev–Trinajstić information content (AvgIpc) is 2.48. The third-order valence-corrected chi connectivity index (χ3v) is 1.86. The lowest BCUT2D eigenvalue weighted by molar-refractivity contribution is -0.122. The third kappa shape index (κ3) is 1.12. The van der Waals surface area contributed by atoms with E-state index in [1.54, 1.807) is 0 Å². The maximum atomic E-state index is 11.1. The molecule has 1 aliphatic heterocycles. The van der Waals surface area contributed by atoms with Crippen molar-refractivity contribution in [2.24, 2.45) is 0 Å². The molecule has 2 heterocycles. The number of aromatic carboxylic acids is 1. The van der Waals surface area contributed by atoms with Crippen LogP contribution in [0.1, 0.15) is 17.5 Å². The van der Waals surface area contributed by atoms with Crippen LogP contribution in [-0.4, -0.2) is 23.1 Å². The molecule has 0 saturated carbocycles. The van der Waals surface area contributed by atoms with E-state index in [1.165, 1.54) is 6.92 Å². The molecule has 1 amide bonds. The second-order valence-electron chi connectivity index (χ2n) is 2.86. The highest BCUT2D eigenvalue weighted by Crippen LogP contribution is 2.35. The predicted octanol–water partition coefficient (Wildman–Crippen LogP) is 0.697. The standard InChI is InChI=1S/C8H7NO5/c1-3-7(10)9-4-2-13-6(8(11)12)5(4)14-3/h2-3H,1H3,(H,9,10)(H,11,12). The van der Waals surface area contributed by atoms with Crippen LogP contribution in [0.25, 0.3) is 0 Å². The molecular weight excluding hydrogens is 190 g/mol. The molecular formula is C8H7NO5. The molecule has 0 fully saturated rings. The number of furan rings is 1. The summed E-state index contributed by atoms with van der Waals surface area (Å²) >= 11 is 0. The van der Waals surface area contributed by atoms with Gasteiger partial charge in [-0.25, -0.2) is 4.79 Å². The van der Waals surface area contributed by atoms with Crippen LogP contribution < -0.4 is 10.1 Å². The zero-order valence-corrected chi connectivity index (χ0v) is 7.23. The van der Waals surface area contributed by atoms with E-state index >= 15 is 0 Å². The Morgan fingerprint density at radius 3 is 3.00 bits per heavy atom. The van der Waals surface area contributed by atoms with Crippen molar-refractivity contribution in [1.82, 2.24) is 0 Å². The smallest absolute Gasteiger partial charge is 0.375 e. The highest BCUT2D eigenvalue weighted by molar-refractivity contribution is 6.00. The van der Waals surface area contributed by atoms with Crippen molar-refractivity contribution in [3.63, 3.8) is 0 Å². The molecule has 1 atom stereocenters. The van der Waals surface area contributed by atoms with Crippen LogP contribution in [0.3, 0.4) is 0 Å². The number of carbonyl (C=O) groups excluding carboxylic acids is 1. The molecule has 0 aliphatic carbocycles. The predicted molar refractivity (Wildman–Crippen MR) is 44.4 cm³/mol. The number of carbonyl (C=O) groups is 2. The number of hydrogen-bond donors (Lipinski definition) is 2. The van der Waals surface area contributed by atoms with Gasteiger partial charge in [-0.05, 0) is 6.92 Å². The maximum Gasteiger partial charge on any atom is 0.375 e. The molecule has 2 rings (SSSR count). The summed E-state index contributed by atoms with van der Waals surface area (Å²) in [6, 6.07) is 0. The zero-order chi connectivity index (χ0) is 10.3. The lowest BCUT2D eigenvalue weighted by atomic mass is 10.2. The maximum absolute atomic E-state index is 11.1. The number of nitrogens with one attached hydrogen (secondary N) is 1. The average molecular weight is 197 g/mol. The quantitative estimate of drug-likeness (QED) is 0.691. The van der Waals surface area contributed by atoms with Crippen LogP contribution in [0.2, 0.25) is 0 Å². The Hall–Kier alpha value is -1.98. The van der Waals surface area contributed by atoms with Crippen LogP contribution in [0, 0.1) is 0 Å². The topological polar surface area (TPSA) is 88.8 Å². The monoisotopic (exact) mass is 197 g/mol. The first-order chi connectivity index (χ1) is 6.59. The number of rotatable bonds is 1. The van der Waals surface area contributed by atoms with Gasteiger partial charge >= 0.3 is 5.97 Å². The van der Waals surface area contributed by atoms with Crippen LogP contribution in [-0.2, 0) is 4.79 Å². The fourth-order valence-corrected chi connectivity index (χ4v) is 1.16. The number of carboxylic acids is 1. The van der Waals surface area contributed by atoms with Crippen molar-refractivity contribution in [1.29, 1.82) is 0 Å². The van der Waals surface area contributed by atoms with Crippen LogP contribution in [0.5, 0.6) is 5.75 Å². The molecule has 0 spiro atoms. The van der Waals surface area contributed by atoms with Crippen molar-refractivity contribution >= 4 is 17.6 Å². The van der Waals surface area contributed by atoms with Gasteiger partial charge in [0, 0.05) is 0 Å². The summed E-state index contributed by atoms with van der Waals surface area (Å²) < 4.78 is 9.83. The third-order valence-electron chi connectivity index (χ3n) is 1.86. The van der Waals surface area contributed by atoms with Crippen LogP contribution >= 0.6 is 0 Å².